The van der Waals surface area contributed by atoms with Crippen LogP contribution < -0.4 is 5.32 Å². The molecule has 9 nitrogen and oxygen atoms in total. The molecule has 4 N–H and O–H groups in total. The molecule has 0 aliphatic rings. The van der Waals surface area contributed by atoms with Crippen molar-refractivity contribution in [3.63, 3.8) is 0 Å². The molecule has 10 heteroatoms. The van der Waals surface area contributed by atoms with E-state index in [4.69, 9.17) is 14.8 Å². The Kier molecular flexibility index (Phi) is 8.51. The average Bonchev–Trinajstić information content (AvgIpc) is 2.45. The van der Waals surface area contributed by atoms with Gasteiger partial charge < -0.3 is 15.5 Å². The molecule has 0 atom stereocenters. The number of nitrogens with one attached hydrogen (secondary N) is 1. The van der Waals surface area contributed by atoms with E-state index in [1.807, 2.05) is 0 Å². The molecule has 0 bridgehead atoms. The van der Waals surface area contributed by atoms with Crippen LogP contribution >= 0.6 is 0 Å². The minimum Gasteiger partial charge on any atom is -0.478 e. The number of aromatic carboxylic acids is 2. The lowest BCUT2D eigenvalue weighted by Gasteiger charge is -2.12. The van der Waals surface area contributed by atoms with Crippen LogP contribution in [-0.4, -0.2) is 46.8 Å². The fraction of sp³-hybridized carbons (Fsp3) is 0.267. The number of benzene rings is 1. The Morgan fingerprint density at radius 1 is 1.20 bits per heavy atom. The summed E-state index contributed by atoms with van der Waals surface area (Å²) >= 11 is 0. The maximum Gasteiger partial charge on any atom is 0.338 e. The predicted molar refractivity (Wildman–Crippen MR) is 90.6 cm³/mol. The Morgan fingerprint density at radius 3 is 2.08 bits per heavy atom. The number of amides is 1. The van der Waals surface area contributed by atoms with E-state index >= 15 is 0 Å². The molecule has 0 aromatic heterocycles. The van der Waals surface area contributed by atoms with Crippen molar-refractivity contribution in [2.45, 2.75) is 20.3 Å². The second-order valence-electron chi connectivity index (χ2n) is 4.77. The van der Waals surface area contributed by atoms with Crippen molar-refractivity contribution < 1.29 is 37.6 Å². The maximum atomic E-state index is 11.2. The molecule has 0 heterocycles. The van der Waals surface area contributed by atoms with Crippen molar-refractivity contribution in [3.05, 3.63) is 41.5 Å². The van der Waals surface area contributed by atoms with E-state index < -0.39 is 28.0 Å². The second-order valence-corrected chi connectivity index (χ2v) is 6.34. The Bertz CT molecular complexity index is 783. The number of rotatable bonds is 6. The summed E-state index contributed by atoms with van der Waals surface area (Å²) in [5, 5.41) is 20.3. The van der Waals surface area contributed by atoms with Crippen molar-refractivity contribution in [1.29, 1.82) is 0 Å². The van der Waals surface area contributed by atoms with E-state index in [0.29, 0.717) is 12.0 Å². The van der Waals surface area contributed by atoms with E-state index in [9.17, 15) is 22.8 Å². The van der Waals surface area contributed by atoms with Crippen LogP contribution in [0, 0.1) is 6.92 Å². The minimum atomic E-state index is -3.67. The highest BCUT2D eigenvalue weighted by molar-refractivity contribution is 7.85. The van der Waals surface area contributed by atoms with Gasteiger partial charge in [-0.25, -0.2) is 9.59 Å². The first-order valence-corrected chi connectivity index (χ1v) is 8.54. The monoisotopic (exact) mass is 373 g/mol. The summed E-state index contributed by atoms with van der Waals surface area (Å²) in [5.74, 6) is -3.44. The highest BCUT2D eigenvalue weighted by atomic mass is 32.2. The molecule has 1 aromatic carbocycles. The molecule has 0 radical (unpaired) electrons. The van der Waals surface area contributed by atoms with Gasteiger partial charge in [-0.2, -0.15) is 8.42 Å². The lowest BCUT2D eigenvalue weighted by atomic mass is 10.0. The highest BCUT2D eigenvalue weighted by Crippen LogP contribution is 2.25. The fourth-order valence-electron chi connectivity index (χ4n) is 1.72. The summed E-state index contributed by atoms with van der Waals surface area (Å²) in [5.41, 5.74) is -0.412. The van der Waals surface area contributed by atoms with Gasteiger partial charge in [-0.3, -0.25) is 9.35 Å². The van der Waals surface area contributed by atoms with Gasteiger partial charge in [-0.1, -0.05) is 19.6 Å². The summed E-state index contributed by atoms with van der Waals surface area (Å²) in [7, 11) is -3.67. The normalized spacial score (nSPS) is 10.2. The molecular weight excluding hydrogens is 354 g/mol. The molecule has 1 amide bonds. The number of hydrogen-bond donors (Lipinski definition) is 4. The second kappa shape index (κ2) is 9.55. The van der Waals surface area contributed by atoms with Crippen molar-refractivity contribution in [2.75, 3.05) is 11.1 Å². The molecule has 0 aliphatic carbocycles. The summed E-state index contributed by atoms with van der Waals surface area (Å²) < 4.78 is 27.6. The number of carboxylic acids is 2. The van der Waals surface area contributed by atoms with Crippen molar-refractivity contribution in [1.82, 2.24) is 0 Å². The molecule has 0 spiro atoms. The van der Waals surface area contributed by atoms with Gasteiger partial charge in [0.25, 0.3) is 10.1 Å². The smallest absolute Gasteiger partial charge is 0.338 e. The van der Waals surface area contributed by atoms with Gasteiger partial charge in [0.1, 0.15) is 0 Å². The van der Waals surface area contributed by atoms with Crippen LogP contribution in [0.3, 0.4) is 0 Å². The van der Waals surface area contributed by atoms with Crippen molar-refractivity contribution in [3.8, 4) is 0 Å². The van der Waals surface area contributed by atoms with E-state index in [2.05, 4.69) is 11.9 Å². The Labute approximate surface area is 144 Å². The molecule has 1 rings (SSSR count). The molecule has 0 fully saturated rings. The minimum absolute atomic E-state index is 0.132. The predicted octanol–water partition coefficient (Wildman–Crippen LogP) is 1.80. The van der Waals surface area contributed by atoms with E-state index in [-0.39, 0.29) is 22.6 Å². The van der Waals surface area contributed by atoms with Gasteiger partial charge in [0.15, 0.2) is 0 Å². The van der Waals surface area contributed by atoms with Gasteiger partial charge >= 0.3 is 11.9 Å². The van der Waals surface area contributed by atoms with Crippen LogP contribution in [0.15, 0.2) is 24.8 Å². The zero-order valence-corrected chi connectivity index (χ0v) is 14.5. The first kappa shape index (κ1) is 22.3. The topological polar surface area (TPSA) is 158 Å². The fourth-order valence-corrected chi connectivity index (χ4v) is 2.24. The number of anilines is 1. The largest absolute Gasteiger partial charge is 0.478 e. The van der Waals surface area contributed by atoms with Crippen LogP contribution in [-0.2, 0) is 14.9 Å². The number of carbonyl (C=O) groups is 3. The van der Waals surface area contributed by atoms with E-state index in [1.165, 1.54) is 19.1 Å². The van der Waals surface area contributed by atoms with E-state index in [1.54, 1.807) is 6.92 Å². The Morgan fingerprint density at radius 2 is 1.76 bits per heavy atom. The van der Waals surface area contributed by atoms with Crippen molar-refractivity contribution in [2.24, 2.45) is 0 Å². The van der Waals surface area contributed by atoms with Crippen LogP contribution in [0.5, 0.6) is 0 Å². The third kappa shape index (κ3) is 7.59. The Balaban J connectivity index is 0.000000697. The van der Waals surface area contributed by atoms with Crippen LogP contribution in [0.4, 0.5) is 5.69 Å². The molecule has 0 aliphatic heterocycles. The third-order valence-electron chi connectivity index (χ3n) is 2.75. The molecule has 0 unspecified atom stereocenters. The first-order chi connectivity index (χ1) is 11.4. The standard InChI is InChI=1S/C12H11NO5.C3H8O3S/c1-3-8(14)13-10-7(11(15)16)5-4-6(2)9(10)12(17)18;1-2-3-7(4,5)6/h3-5H,1H2,2H3,(H,13,14)(H,15,16)(H,17,18);2-3H2,1H3,(H,4,5,6). The van der Waals surface area contributed by atoms with Gasteiger partial charge in [-0.05, 0) is 31.1 Å². The summed E-state index contributed by atoms with van der Waals surface area (Å²) in [4.78, 5) is 33.4. The highest BCUT2D eigenvalue weighted by Gasteiger charge is 2.21. The number of carbonyl (C=O) groups excluding carboxylic acids is 1. The Hall–Kier alpha value is -2.72. The molecular formula is C15H19NO8S. The third-order valence-corrected chi connectivity index (χ3v) is 3.68. The summed E-state index contributed by atoms with van der Waals surface area (Å²) in [6.45, 7) is 6.42. The first-order valence-electron chi connectivity index (χ1n) is 6.93. The van der Waals surface area contributed by atoms with Crippen LogP contribution in [0.2, 0.25) is 0 Å². The van der Waals surface area contributed by atoms with Gasteiger partial charge in [-0.15, -0.1) is 0 Å². The molecule has 0 saturated carbocycles. The quantitative estimate of drug-likeness (QED) is 0.434. The molecule has 1 aromatic rings. The van der Waals surface area contributed by atoms with Gasteiger partial charge in [0, 0.05) is 0 Å². The van der Waals surface area contributed by atoms with Gasteiger partial charge in [0.2, 0.25) is 5.91 Å². The lowest BCUT2D eigenvalue weighted by Crippen LogP contribution is -2.17. The summed E-state index contributed by atoms with van der Waals surface area (Å²) in [6, 6.07) is 2.61. The molecule has 25 heavy (non-hydrogen) atoms. The number of hydrogen-bond acceptors (Lipinski definition) is 5. The molecule has 0 saturated heterocycles. The zero-order chi connectivity index (χ0) is 19.8. The number of aryl methyl sites for hydroxylation is 1. The SMILES string of the molecule is C=CC(=O)Nc1c(C(=O)O)ccc(C)c1C(=O)O.CCCS(=O)(=O)O. The van der Waals surface area contributed by atoms with Crippen molar-refractivity contribution >= 4 is 33.7 Å². The van der Waals surface area contributed by atoms with Crippen LogP contribution in [0.1, 0.15) is 39.6 Å². The van der Waals surface area contributed by atoms with Crippen LogP contribution in [0.25, 0.3) is 0 Å². The average molecular weight is 373 g/mol. The van der Waals surface area contributed by atoms with Gasteiger partial charge in [0.05, 0.1) is 22.6 Å². The van der Waals surface area contributed by atoms with E-state index in [0.717, 1.165) is 6.08 Å². The zero-order valence-electron chi connectivity index (χ0n) is 13.6. The number of carboxylic acid groups (broad SMARTS) is 2. The summed E-state index contributed by atoms with van der Waals surface area (Å²) in [6.07, 6.45) is 1.40. The maximum absolute atomic E-state index is 11.2. The molecule has 138 valence electrons. The lowest BCUT2D eigenvalue weighted by molar-refractivity contribution is -0.111.